The molecule has 2 rings (SSSR count). The van der Waals surface area contributed by atoms with Crippen LogP contribution in [-0.2, 0) is 4.74 Å². The van der Waals surface area contributed by atoms with Gasteiger partial charge in [-0.15, -0.1) is 0 Å². The first kappa shape index (κ1) is 14.8. The number of aldehydes is 1. The van der Waals surface area contributed by atoms with Gasteiger partial charge in [0.2, 0.25) is 0 Å². The van der Waals surface area contributed by atoms with Gasteiger partial charge in [0, 0.05) is 41.9 Å². The maximum atomic E-state index is 11.6. The number of halogens is 1. The molecule has 5 nitrogen and oxygen atoms in total. The highest BCUT2D eigenvalue weighted by Crippen LogP contribution is 2.24. The summed E-state index contributed by atoms with van der Waals surface area (Å²) < 4.78 is 5.78. The molecule has 0 atom stereocenters. The smallest absolute Gasteiger partial charge is 0.409 e. The molecule has 0 aromatic heterocycles. The Labute approximate surface area is 126 Å². The first-order valence-corrected chi connectivity index (χ1v) is 7.36. The van der Waals surface area contributed by atoms with Crippen molar-refractivity contribution in [2.24, 2.45) is 0 Å². The van der Waals surface area contributed by atoms with Crippen LogP contribution in [0.15, 0.2) is 22.7 Å². The minimum atomic E-state index is -0.246. The molecule has 1 aliphatic rings. The molecule has 1 fully saturated rings. The van der Waals surface area contributed by atoms with Crippen LogP contribution >= 0.6 is 15.9 Å². The van der Waals surface area contributed by atoms with E-state index < -0.39 is 0 Å². The molecule has 1 aromatic carbocycles. The molecular weight excluding hydrogens is 324 g/mol. The first-order valence-electron chi connectivity index (χ1n) is 6.57. The van der Waals surface area contributed by atoms with E-state index >= 15 is 0 Å². The zero-order chi connectivity index (χ0) is 14.5. The number of amides is 1. The Hall–Kier alpha value is -1.56. The Morgan fingerprint density at radius 3 is 2.60 bits per heavy atom. The van der Waals surface area contributed by atoms with Gasteiger partial charge in [0.1, 0.15) is 0 Å². The lowest BCUT2D eigenvalue weighted by atomic mass is 10.2. The summed E-state index contributed by atoms with van der Waals surface area (Å²) >= 11 is 3.39. The largest absolute Gasteiger partial charge is 0.450 e. The number of rotatable bonds is 3. The average molecular weight is 341 g/mol. The monoisotopic (exact) mass is 340 g/mol. The van der Waals surface area contributed by atoms with E-state index in [4.69, 9.17) is 4.74 Å². The van der Waals surface area contributed by atoms with Crippen LogP contribution < -0.4 is 4.90 Å². The fraction of sp³-hybridized carbons (Fsp3) is 0.429. The number of hydrogen-bond donors (Lipinski definition) is 0. The van der Waals surface area contributed by atoms with Crippen molar-refractivity contribution < 1.29 is 14.3 Å². The average Bonchev–Trinajstić information content (AvgIpc) is 2.47. The summed E-state index contributed by atoms with van der Waals surface area (Å²) in [6.45, 7) is 5.01. The van der Waals surface area contributed by atoms with E-state index in [1.807, 2.05) is 12.1 Å². The molecule has 1 heterocycles. The van der Waals surface area contributed by atoms with Crippen LogP contribution in [0.5, 0.6) is 0 Å². The molecule has 0 N–H and O–H groups in total. The second kappa shape index (κ2) is 6.74. The molecule has 0 bridgehead atoms. The van der Waals surface area contributed by atoms with E-state index in [0.29, 0.717) is 25.3 Å². The molecule has 1 amide bonds. The number of nitrogens with zero attached hydrogens (tertiary/aromatic N) is 2. The molecule has 0 aliphatic carbocycles. The Morgan fingerprint density at radius 2 is 2.05 bits per heavy atom. The van der Waals surface area contributed by atoms with Gasteiger partial charge in [-0.2, -0.15) is 0 Å². The SMILES string of the molecule is CCOC(=O)N1CCN(c2ccc(C=O)c(Br)c2)CC1. The van der Waals surface area contributed by atoms with E-state index in [-0.39, 0.29) is 6.09 Å². The van der Waals surface area contributed by atoms with Gasteiger partial charge in [0.25, 0.3) is 0 Å². The molecule has 0 spiro atoms. The van der Waals surface area contributed by atoms with Crippen molar-refractivity contribution in [3.8, 4) is 0 Å². The fourth-order valence-corrected chi connectivity index (χ4v) is 2.63. The molecule has 108 valence electrons. The zero-order valence-electron chi connectivity index (χ0n) is 11.3. The van der Waals surface area contributed by atoms with Gasteiger partial charge in [0.05, 0.1) is 6.61 Å². The predicted molar refractivity (Wildman–Crippen MR) is 80.3 cm³/mol. The molecular formula is C14H17BrN2O3. The summed E-state index contributed by atoms with van der Waals surface area (Å²) in [6.07, 6.45) is 0.580. The van der Waals surface area contributed by atoms with Gasteiger partial charge in [-0.1, -0.05) is 0 Å². The lowest BCUT2D eigenvalue weighted by Gasteiger charge is -2.35. The molecule has 20 heavy (non-hydrogen) atoms. The predicted octanol–water partition coefficient (Wildman–Crippen LogP) is 2.54. The summed E-state index contributed by atoms with van der Waals surface area (Å²) in [5, 5.41) is 0. The first-order chi connectivity index (χ1) is 9.65. The third-order valence-corrected chi connectivity index (χ3v) is 3.97. The van der Waals surface area contributed by atoms with Crippen molar-refractivity contribution in [1.29, 1.82) is 0 Å². The lowest BCUT2D eigenvalue weighted by Crippen LogP contribution is -2.49. The van der Waals surface area contributed by atoms with Gasteiger partial charge >= 0.3 is 6.09 Å². The molecule has 1 aliphatic heterocycles. The quantitative estimate of drug-likeness (QED) is 0.793. The van der Waals surface area contributed by atoms with Crippen molar-refractivity contribution in [3.63, 3.8) is 0 Å². The summed E-state index contributed by atoms with van der Waals surface area (Å²) in [5.41, 5.74) is 1.69. The van der Waals surface area contributed by atoms with Crippen LogP contribution in [0.2, 0.25) is 0 Å². The summed E-state index contributed by atoms with van der Waals surface area (Å²) in [6, 6.07) is 5.66. The Kier molecular flexibility index (Phi) is 5.00. The molecule has 0 radical (unpaired) electrons. The van der Waals surface area contributed by atoms with E-state index in [0.717, 1.165) is 29.5 Å². The number of carbonyl (C=O) groups is 2. The number of ether oxygens (including phenoxy) is 1. The highest BCUT2D eigenvalue weighted by Gasteiger charge is 2.22. The number of benzene rings is 1. The summed E-state index contributed by atoms with van der Waals surface area (Å²) in [4.78, 5) is 26.3. The maximum Gasteiger partial charge on any atom is 0.409 e. The number of anilines is 1. The van der Waals surface area contributed by atoms with Gasteiger partial charge in [0.15, 0.2) is 6.29 Å². The van der Waals surface area contributed by atoms with Crippen LogP contribution in [0.1, 0.15) is 17.3 Å². The second-order valence-corrected chi connectivity index (χ2v) is 5.35. The molecule has 0 unspecified atom stereocenters. The van der Waals surface area contributed by atoms with Crippen LogP contribution in [0, 0.1) is 0 Å². The lowest BCUT2D eigenvalue weighted by molar-refractivity contribution is 0.105. The third-order valence-electron chi connectivity index (χ3n) is 3.28. The zero-order valence-corrected chi connectivity index (χ0v) is 12.9. The Morgan fingerprint density at radius 1 is 1.35 bits per heavy atom. The van der Waals surface area contributed by atoms with Crippen LogP contribution in [0.25, 0.3) is 0 Å². The van der Waals surface area contributed by atoms with E-state index in [9.17, 15) is 9.59 Å². The van der Waals surface area contributed by atoms with E-state index in [1.165, 1.54) is 0 Å². The van der Waals surface area contributed by atoms with Crippen LogP contribution in [0.4, 0.5) is 10.5 Å². The van der Waals surface area contributed by atoms with E-state index in [1.54, 1.807) is 17.9 Å². The summed E-state index contributed by atoms with van der Waals surface area (Å²) in [5.74, 6) is 0. The van der Waals surface area contributed by atoms with Gasteiger partial charge in [-0.3, -0.25) is 4.79 Å². The van der Waals surface area contributed by atoms with Gasteiger partial charge < -0.3 is 14.5 Å². The number of piperazine rings is 1. The molecule has 1 aromatic rings. The van der Waals surface area contributed by atoms with Crippen molar-refractivity contribution >= 4 is 34.0 Å². The molecule has 6 heteroatoms. The standard InChI is InChI=1S/C14H17BrN2O3/c1-2-20-14(19)17-7-5-16(6-8-17)12-4-3-11(10-18)13(15)9-12/h3-4,9-10H,2,5-8H2,1H3. The number of carbonyl (C=O) groups excluding carboxylic acids is 2. The minimum Gasteiger partial charge on any atom is -0.450 e. The van der Waals surface area contributed by atoms with Crippen molar-refractivity contribution in [1.82, 2.24) is 4.90 Å². The molecule has 0 saturated carbocycles. The Bertz CT molecular complexity index is 499. The Balaban J connectivity index is 1.98. The third kappa shape index (κ3) is 3.30. The molecule has 1 saturated heterocycles. The van der Waals surface area contributed by atoms with Crippen molar-refractivity contribution in [2.45, 2.75) is 6.92 Å². The summed E-state index contributed by atoms with van der Waals surface area (Å²) in [7, 11) is 0. The van der Waals surface area contributed by atoms with Crippen LogP contribution in [-0.4, -0.2) is 50.1 Å². The topological polar surface area (TPSA) is 49.9 Å². The number of hydrogen-bond acceptors (Lipinski definition) is 4. The highest BCUT2D eigenvalue weighted by molar-refractivity contribution is 9.10. The van der Waals surface area contributed by atoms with Crippen LogP contribution in [0.3, 0.4) is 0 Å². The van der Waals surface area contributed by atoms with Gasteiger partial charge in [-0.05, 0) is 41.1 Å². The van der Waals surface area contributed by atoms with Gasteiger partial charge in [-0.25, -0.2) is 4.79 Å². The van der Waals surface area contributed by atoms with Crippen molar-refractivity contribution in [2.75, 3.05) is 37.7 Å². The fourth-order valence-electron chi connectivity index (χ4n) is 2.17. The van der Waals surface area contributed by atoms with Crippen molar-refractivity contribution in [3.05, 3.63) is 28.2 Å². The van der Waals surface area contributed by atoms with E-state index in [2.05, 4.69) is 20.8 Å². The normalized spacial score (nSPS) is 15.1. The highest BCUT2D eigenvalue weighted by atomic mass is 79.9. The minimum absolute atomic E-state index is 0.246. The maximum absolute atomic E-state index is 11.6. The second-order valence-electron chi connectivity index (χ2n) is 4.50.